The van der Waals surface area contributed by atoms with E-state index in [1.165, 1.54) is 16.8 Å². The minimum atomic E-state index is -0.284. The van der Waals surface area contributed by atoms with E-state index >= 15 is 0 Å². The van der Waals surface area contributed by atoms with Gasteiger partial charge in [0, 0.05) is 18.0 Å². The zero-order valence-corrected chi connectivity index (χ0v) is 15.0. The maximum Gasteiger partial charge on any atom is 0.252 e. The van der Waals surface area contributed by atoms with Gasteiger partial charge in [0.15, 0.2) is 5.82 Å². The van der Waals surface area contributed by atoms with Gasteiger partial charge in [-0.15, -0.1) is 5.10 Å². The topological polar surface area (TPSA) is 59.8 Å². The summed E-state index contributed by atoms with van der Waals surface area (Å²) in [5.74, 6) is 0.226. The second kappa shape index (κ2) is 7.47. The first kappa shape index (κ1) is 17.8. The van der Waals surface area contributed by atoms with Gasteiger partial charge >= 0.3 is 0 Å². The standard InChI is InChI=1S/C20H21FN4O/c1-13(2)19(26)25-20(22-12-15-6-10-17(21)11-7-15)23-18(24-25)16-8-4-14(3)5-9-16/h4-11,13H,12H2,1-3H3,(H,22,23,24). The molecule has 0 saturated heterocycles. The first-order chi connectivity index (χ1) is 12.4. The van der Waals surface area contributed by atoms with Crippen LogP contribution < -0.4 is 5.32 Å². The summed E-state index contributed by atoms with van der Waals surface area (Å²) in [6.07, 6.45) is 0. The van der Waals surface area contributed by atoms with Gasteiger partial charge in [0.05, 0.1) is 0 Å². The van der Waals surface area contributed by atoms with Crippen molar-refractivity contribution in [1.29, 1.82) is 0 Å². The van der Waals surface area contributed by atoms with E-state index in [1.54, 1.807) is 12.1 Å². The molecular formula is C20H21FN4O. The molecule has 0 bridgehead atoms. The van der Waals surface area contributed by atoms with Gasteiger partial charge in [-0.3, -0.25) is 4.79 Å². The average molecular weight is 352 g/mol. The van der Waals surface area contributed by atoms with Crippen molar-refractivity contribution in [2.24, 2.45) is 5.92 Å². The van der Waals surface area contributed by atoms with Crippen LogP contribution in [0.3, 0.4) is 0 Å². The molecule has 0 saturated carbocycles. The molecule has 6 heteroatoms. The minimum absolute atomic E-state index is 0.141. The third kappa shape index (κ3) is 3.96. The van der Waals surface area contributed by atoms with E-state index in [1.807, 2.05) is 45.0 Å². The van der Waals surface area contributed by atoms with Crippen LogP contribution in [0, 0.1) is 18.7 Å². The Bertz CT molecular complexity index is 899. The third-order valence-electron chi connectivity index (χ3n) is 3.98. The number of halogens is 1. The third-order valence-corrected chi connectivity index (χ3v) is 3.98. The van der Waals surface area contributed by atoms with Gasteiger partial charge in [0.2, 0.25) is 5.95 Å². The van der Waals surface area contributed by atoms with Crippen molar-refractivity contribution in [3.05, 3.63) is 65.5 Å². The predicted molar refractivity (Wildman–Crippen MR) is 99.4 cm³/mol. The first-order valence-corrected chi connectivity index (χ1v) is 8.50. The van der Waals surface area contributed by atoms with Gasteiger partial charge in [0.25, 0.3) is 5.91 Å². The highest BCUT2D eigenvalue weighted by atomic mass is 19.1. The Morgan fingerprint density at radius 2 is 1.77 bits per heavy atom. The fourth-order valence-corrected chi connectivity index (χ4v) is 2.43. The van der Waals surface area contributed by atoms with E-state index in [0.717, 1.165) is 16.7 Å². The van der Waals surface area contributed by atoms with Gasteiger partial charge < -0.3 is 5.32 Å². The van der Waals surface area contributed by atoms with Gasteiger partial charge in [-0.2, -0.15) is 9.67 Å². The number of nitrogens with zero attached hydrogens (tertiary/aromatic N) is 3. The van der Waals surface area contributed by atoms with E-state index in [9.17, 15) is 9.18 Å². The Kier molecular flexibility index (Phi) is 5.11. The first-order valence-electron chi connectivity index (χ1n) is 8.50. The number of nitrogens with one attached hydrogen (secondary N) is 1. The van der Waals surface area contributed by atoms with Crippen molar-refractivity contribution in [3.8, 4) is 11.4 Å². The van der Waals surface area contributed by atoms with Crippen LogP contribution in [0.4, 0.5) is 10.3 Å². The lowest BCUT2D eigenvalue weighted by atomic mass is 10.1. The highest BCUT2D eigenvalue weighted by molar-refractivity contribution is 5.83. The van der Waals surface area contributed by atoms with Crippen LogP contribution in [0.1, 0.15) is 29.8 Å². The molecule has 2 aromatic carbocycles. The molecule has 1 heterocycles. The molecule has 0 aliphatic carbocycles. The average Bonchev–Trinajstić information content (AvgIpc) is 3.05. The Hall–Kier alpha value is -3.02. The smallest absolute Gasteiger partial charge is 0.252 e. The van der Waals surface area contributed by atoms with Crippen LogP contribution in [0.5, 0.6) is 0 Å². The quantitative estimate of drug-likeness (QED) is 0.744. The molecule has 0 aliphatic rings. The SMILES string of the molecule is Cc1ccc(-c2nc(NCc3ccc(F)cc3)n(C(=O)C(C)C)n2)cc1. The predicted octanol–water partition coefficient (Wildman–Crippen LogP) is 4.30. The number of aromatic nitrogens is 3. The lowest BCUT2D eigenvalue weighted by Crippen LogP contribution is -2.21. The molecule has 3 rings (SSSR count). The molecule has 0 radical (unpaired) electrons. The van der Waals surface area contributed by atoms with Gasteiger partial charge in [-0.1, -0.05) is 55.8 Å². The molecule has 1 aromatic heterocycles. The Morgan fingerprint density at radius 1 is 1.12 bits per heavy atom. The van der Waals surface area contributed by atoms with Crippen molar-refractivity contribution in [3.63, 3.8) is 0 Å². The zero-order chi connectivity index (χ0) is 18.7. The van der Waals surface area contributed by atoms with Gasteiger partial charge in [-0.05, 0) is 24.6 Å². The summed E-state index contributed by atoms with van der Waals surface area (Å²) in [6, 6.07) is 14.0. The van der Waals surface area contributed by atoms with Crippen LogP contribution in [-0.4, -0.2) is 20.7 Å². The van der Waals surface area contributed by atoms with Gasteiger partial charge in [0.1, 0.15) is 5.82 Å². The maximum absolute atomic E-state index is 13.0. The maximum atomic E-state index is 13.0. The molecule has 0 atom stereocenters. The molecule has 0 fully saturated rings. The lowest BCUT2D eigenvalue weighted by Gasteiger charge is -2.08. The molecule has 0 unspecified atom stereocenters. The van der Waals surface area contributed by atoms with E-state index in [0.29, 0.717) is 18.3 Å². The molecule has 0 aliphatic heterocycles. The van der Waals surface area contributed by atoms with E-state index in [-0.39, 0.29) is 17.6 Å². The highest BCUT2D eigenvalue weighted by Crippen LogP contribution is 2.20. The fraction of sp³-hybridized carbons (Fsp3) is 0.250. The van der Waals surface area contributed by atoms with Crippen LogP contribution in [0.2, 0.25) is 0 Å². The normalized spacial score (nSPS) is 11.0. The van der Waals surface area contributed by atoms with Crippen molar-refractivity contribution in [1.82, 2.24) is 14.8 Å². The zero-order valence-electron chi connectivity index (χ0n) is 15.0. The number of hydrogen-bond donors (Lipinski definition) is 1. The monoisotopic (exact) mass is 352 g/mol. The van der Waals surface area contributed by atoms with Crippen molar-refractivity contribution in [2.45, 2.75) is 27.3 Å². The molecule has 3 aromatic rings. The molecule has 5 nitrogen and oxygen atoms in total. The summed E-state index contributed by atoms with van der Waals surface area (Å²) < 4.78 is 14.3. The van der Waals surface area contributed by atoms with E-state index in [2.05, 4.69) is 15.4 Å². The summed E-state index contributed by atoms with van der Waals surface area (Å²) >= 11 is 0. The van der Waals surface area contributed by atoms with Crippen LogP contribution in [-0.2, 0) is 6.54 Å². The molecular weight excluding hydrogens is 331 g/mol. The van der Waals surface area contributed by atoms with Gasteiger partial charge in [-0.25, -0.2) is 4.39 Å². The molecule has 0 spiro atoms. The van der Waals surface area contributed by atoms with Crippen LogP contribution in [0.15, 0.2) is 48.5 Å². The Labute approximate surface area is 151 Å². The summed E-state index contributed by atoms with van der Waals surface area (Å²) in [6.45, 7) is 6.06. The Balaban J connectivity index is 1.89. The number of benzene rings is 2. The summed E-state index contributed by atoms with van der Waals surface area (Å²) in [5.41, 5.74) is 2.87. The number of hydrogen-bond acceptors (Lipinski definition) is 4. The number of carbonyl (C=O) groups is 1. The lowest BCUT2D eigenvalue weighted by molar-refractivity contribution is 0.0841. The fourth-order valence-electron chi connectivity index (χ4n) is 2.43. The summed E-state index contributed by atoms with van der Waals surface area (Å²) in [7, 11) is 0. The van der Waals surface area contributed by atoms with E-state index < -0.39 is 0 Å². The molecule has 0 amide bonds. The molecule has 1 N–H and O–H groups in total. The Morgan fingerprint density at radius 3 is 2.38 bits per heavy atom. The van der Waals surface area contributed by atoms with Crippen molar-refractivity contribution < 1.29 is 9.18 Å². The number of anilines is 1. The number of aryl methyl sites for hydroxylation is 1. The second-order valence-electron chi connectivity index (χ2n) is 6.51. The van der Waals surface area contributed by atoms with E-state index in [4.69, 9.17) is 0 Å². The largest absolute Gasteiger partial charge is 0.350 e. The van der Waals surface area contributed by atoms with Crippen molar-refractivity contribution in [2.75, 3.05) is 5.32 Å². The molecule has 134 valence electrons. The van der Waals surface area contributed by atoms with Crippen LogP contribution in [0.25, 0.3) is 11.4 Å². The minimum Gasteiger partial charge on any atom is -0.350 e. The number of rotatable bonds is 5. The number of carbonyl (C=O) groups excluding carboxylic acids is 1. The summed E-state index contributed by atoms with van der Waals surface area (Å²) in [4.78, 5) is 17.0. The highest BCUT2D eigenvalue weighted by Gasteiger charge is 2.19. The second-order valence-corrected chi connectivity index (χ2v) is 6.51. The van der Waals surface area contributed by atoms with Crippen molar-refractivity contribution >= 4 is 11.9 Å². The van der Waals surface area contributed by atoms with Crippen LogP contribution >= 0.6 is 0 Å². The summed E-state index contributed by atoms with van der Waals surface area (Å²) in [5, 5.41) is 7.52. The molecule has 26 heavy (non-hydrogen) atoms.